The third-order valence-electron chi connectivity index (χ3n) is 4.70. The van der Waals surface area contributed by atoms with E-state index in [1.807, 2.05) is 13.0 Å². The Labute approximate surface area is 145 Å². The molecule has 0 amide bonds. The second-order valence-corrected chi connectivity index (χ2v) is 6.99. The lowest BCUT2D eigenvalue weighted by atomic mass is 10.1. The number of hydrogen-bond donors (Lipinski definition) is 2. The predicted molar refractivity (Wildman–Crippen MR) is 101 cm³/mol. The van der Waals surface area contributed by atoms with E-state index >= 15 is 0 Å². The average molecular weight is 324 g/mol. The molecule has 0 saturated heterocycles. The van der Waals surface area contributed by atoms with Crippen LogP contribution in [0.15, 0.2) is 24.3 Å². The zero-order chi connectivity index (χ0) is 16.9. The lowest BCUT2D eigenvalue weighted by molar-refractivity contribution is 0.614. The summed E-state index contributed by atoms with van der Waals surface area (Å²) in [5.74, 6) is 1.60. The Morgan fingerprint density at radius 2 is 1.67 bits per heavy atom. The maximum absolute atomic E-state index is 4.69. The molecule has 1 aliphatic rings. The Kier molecular flexibility index (Phi) is 5.34. The van der Waals surface area contributed by atoms with Crippen LogP contribution in [0.4, 0.5) is 17.5 Å². The van der Waals surface area contributed by atoms with Gasteiger partial charge in [-0.1, -0.05) is 37.8 Å². The fraction of sp³-hybridized carbons (Fsp3) is 0.500. The van der Waals surface area contributed by atoms with Crippen molar-refractivity contribution < 1.29 is 0 Å². The molecule has 3 rings (SSSR count). The van der Waals surface area contributed by atoms with Crippen molar-refractivity contribution in [1.82, 2.24) is 9.97 Å². The molecule has 128 valence electrons. The molecule has 0 spiro atoms. The fourth-order valence-corrected chi connectivity index (χ4v) is 3.31. The van der Waals surface area contributed by atoms with Crippen LogP contribution in [-0.4, -0.2) is 16.0 Å². The van der Waals surface area contributed by atoms with Gasteiger partial charge in [-0.15, -0.1) is 0 Å². The van der Waals surface area contributed by atoms with Gasteiger partial charge in [-0.3, -0.25) is 0 Å². The van der Waals surface area contributed by atoms with Crippen LogP contribution in [0.3, 0.4) is 0 Å². The molecule has 4 nitrogen and oxygen atoms in total. The monoisotopic (exact) mass is 324 g/mol. The van der Waals surface area contributed by atoms with Crippen molar-refractivity contribution in [1.29, 1.82) is 0 Å². The van der Waals surface area contributed by atoms with Crippen molar-refractivity contribution in [3.05, 3.63) is 41.1 Å². The molecule has 0 aliphatic heterocycles. The summed E-state index contributed by atoms with van der Waals surface area (Å²) in [6.07, 6.45) is 7.75. The van der Waals surface area contributed by atoms with Crippen molar-refractivity contribution in [2.75, 3.05) is 10.6 Å². The van der Waals surface area contributed by atoms with E-state index < -0.39 is 0 Å². The first kappa shape index (κ1) is 16.7. The molecule has 1 aliphatic carbocycles. The van der Waals surface area contributed by atoms with E-state index in [1.165, 1.54) is 49.7 Å². The van der Waals surface area contributed by atoms with Crippen LogP contribution in [0.1, 0.15) is 55.3 Å². The summed E-state index contributed by atoms with van der Waals surface area (Å²) in [4.78, 5) is 9.27. The molecule has 2 aromatic rings. The zero-order valence-electron chi connectivity index (χ0n) is 15.0. The van der Waals surface area contributed by atoms with Crippen LogP contribution in [0.2, 0.25) is 0 Å². The highest BCUT2D eigenvalue weighted by molar-refractivity contribution is 5.62. The number of hydrogen-bond acceptors (Lipinski definition) is 4. The molecule has 1 fully saturated rings. The third kappa shape index (κ3) is 4.47. The Bertz CT molecular complexity index is 688. The summed E-state index contributed by atoms with van der Waals surface area (Å²) in [6.45, 7) is 6.24. The van der Waals surface area contributed by atoms with Crippen LogP contribution < -0.4 is 10.6 Å². The Morgan fingerprint density at radius 3 is 2.42 bits per heavy atom. The van der Waals surface area contributed by atoms with Crippen molar-refractivity contribution in [2.24, 2.45) is 0 Å². The average Bonchev–Trinajstić information content (AvgIpc) is 2.79. The van der Waals surface area contributed by atoms with E-state index in [9.17, 15) is 0 Å². The van der Waals surface area contributed by atoms with Crippen LogP contribution >= 0.6 is 0 Å². The molecule has 1 aromatic carbocycles. The first-order valence-corrected chi connectivity index (χ1v) is 9.06. The largest absolute Gasteiger partial charge is 0.351 e. The number of anilines is 3. The lowest BCUT2D eigenvalue weighted by Gasteiger charge is -2.17. The predicted octanol–water partition coefficient (Wildman–Crippen LogP) is 5.28. The van der Waals surface area contributed by atoms with E-state index in [1.54, 1.807) is 0 Å². The van der Waals surface area contributed by atoms with Gasteiger partial charge >= 0.3 is 0 Å². The quantitative estimate of drug-likeness (QED) is 0.751. The van der Waals surface area contributed by atoms with E-state index in [0.29, 0.717) is 6.04 Å². The first-order valence-electron chi connectivity index (χ1n) is 9.06. The second kappa shape index (κ2) is 7.65. The van der Waals surface area contributed by atoms with Crippen molar-refractivity contribution in [3.8, 4) is 0 Å². The summed E-state index contributed by atoms with van der Waals surface area (Å²) in [7, 11) is 0. The van der Waals surface area contributed by atoms with E-state index in [2.05, 4.69) is 47.7 Å². The zero-order valence-corrected chi connectivity index (χ0v) is 15.0. The summed E-state index contributed by atoms with van der Waals surface area (Å²) in [5, 5.41) is 7.00. The van der Waals surface area contributed by atoms with Gasteiger partial charge in [0.2, 0.25) is 5.95 Å². The molecule has 1 heterocycles. The van der Waals surface area contributed by atoms with Gasteiger partial charge in [0.05, 0.1) is 0 Å². The van der Waals surface area contributed by atoms with Gasteiger partial charge in [0.15, 0.2) is 0 Å². The standard InChI is InChI=1S/C20H28N4/c1-14-10-11-15(2)18(12-14)23-19-13-16(3)21-20(24-19)22-17-8-6-4-5-7-9-17/h10-13,17H,4-9H2,1-3H3,(H2,21,22,23,24). The summed E-state index contributed by atoms with van der Waals surface area (Å²) < 4.78 is 0. The van der Waals surface area contributed by atoms with Crippen LogP contribution in [-0.2, 0) is 0 Å². The first-order chi connectivity index (χ1) is 11.6. The Balaban J connectivity index is 1.76. The topological polar surface area (TPSA) is 49.8 Å². The van der Waals surface area contributed by atoms with Crippen molar-refractivity contribution in [3.63, 3.8) is 0 Å². The van der Waals surface area contributed by atoms with Crippen molar-refractivity contribution >= 4 is 17.5 Å². The smallest absolute Gasteiger partial charge is 0.225 e. The van der Waals surface area contributed by atoms with Gasteiger partial charge < -0.3 is 10.6 Å². The maximum atomic E-state index is 4.69. The van der Waals surface area contributed by atoms with E-state index in [0.717, 1.165) is 23.1 Å². The lowest BCUT2D eigenvalue weighted by Crippen LogP contribution is -2.20. The molecule has 4 heteroatoms. The van der Waals surface area contributed by atoms with E-state index in [-0.39, 0.29) is 0 Å². The highest BCUT2D eigenvalue weighted by Gasteiger charge is 2.14. The van der Waals surface area contributed by atoms with Gasteiger partial charge in [0.1, 0.15) is 5.82 Å². The number of aromatic nitrogens is 2. The molecule has 0 atom stereocenters. The molecular weight excluding hydrogens is 296 g/mol. The van der Waals surface area contributed by atoms with Gasteiger partial charge in [-0.25, -0.2) is 4.98 Å². The second-order valence-electron chi connectivity index (χ2n) is 6.99. The van der Waals surface area contributed by atoms with Crippen LogP contribution in [0.25, 0.3) is 0 Å². The normalized spacial score (nSPS) is 15.8. The number of nitrogens with one attached hydrogen (secondary N) is 2. The third-order valence-corrected chi connectivity index (χ3v) is 4.70. The highest BCUT2D eigenvalue weighted by atomic mass is 15.2. The highest BCUT2D eigenvalue weighted by Crippen LogP contribution is 2.23. The molecule has 2 N–H and O–H groups in total. The van der Waals surface area contributed by atoms with E-state index in [4.69, 9.17) is 4.98 Å². The summed E-state index contributed by atoms with van der Waals surface area (Å²) >= 11 is 0. The van der Waals surface area contributed by atoms with Gasteiger partial charge in [0, 0.05) is 23.5 Å². The summed E-state index contributed by atoms with van der Waals surface area (Å²) in [5.41, 5.74) is 4.54. The Hall–Kier alpha value is -2.10. The molecule has 0 bridgehead atoms. The molecule has 0 unspecified atom stereocenters. The maximum Gasteiger partial charge on any atom is 0.225 e. The fourth-order valence-electron chi connectivity index (χ4n) is 3.31. The minimum absolute atomic E-state index is 0.503. The number of aryl methyl sites for hydroxylation is 3. The summed E-state index contributed by atoms with van der Waals surface area (Å²) in [6, 6.07) is 8.93. The molecular formula is C20H28N4. The number of nitrogens with zero attached hydrogens (tertiary/aromatic N) is 2. The van der Waals surface area contributed by atoms with Crippen LogP contribution in [0, 0.1) is 20.8 Å². The minimum atomic E-state index is 0.503. The molecule has 0 radical (unpaired) electrons. The van der Waals surface area contributed by atoms with Crippen LogP contribution in [0.5, 0.6) is 0 Å². The SMILES string of the molecule is Cc1ccc(C)c(Nc2cc(C)nc(NC3CCCCCC3)n2)c1. The Morgan fingerprint density at radius 1 is 0.917 bits per heavy atom. The number of rotatable bonds is 4. The van der Waals surface area contributed by atoms with Gasteiger partial charge in [-0.05, 0) is 50.8 Å². The van der Waals surface area contributed by atoms with Gasteiger partial charge in [0.25, 0.3) is 0 Å². The molecule has 1 aromatic heterocycles. The van der Waals surface area contributed by atoms with Gasteiger partial charge in [-0.2, -0.15) is 4.98 Å². The molecule has 1 saturated carbocycles. The molecule has 24 heavy (non-hydrogen) atoms. The minimum Gasteiger partial charge on any atom is -0.351 e. The van der Waals surface area contributed by atoms with Crippen molar-refractivity contribution in [2.45, 2.75) is 65.3 Å². The number of benzene rings is 1.